The van der Waals surface area contributed by atoms with Gasteiger partial charge in [-0.1, -0.05) is 60.1 Å². The fourth-order valence-corrected chi connectivity index (χ4v) is 7.71. The van der Waals surface area contributed by atoms with Crippen molar-refractivity contribution in [2.45, 2.75) is 142 Å². The molecule has 0 radical (unpaired) electrons. The lowest BCUT2D eigenvalue weighted by atomic mass is 9.96. The van der Waals surface area contributed by atoms with E-state index in [0.29, 0.717) is 24.2 Å². The molecule has 0 saturated carbocycles. The zero-order chi connectivity index (χ0) is 51.4. The summed E-state index contributed by atoms with van der Waals surface area (Å²) in [7, 11) is 0. The first-order chi connectivity index (χ1) is 31.9. The highest BCUT2D eigenvalue weighted by Crippen LogP contribution is 2.22. The molecule has 2 rings (SSSR count). The monoisotopic (exact) mass is 977 g/mol. The Bertz CT molecular complexity index is 1940. The molecule has 380 valence electrons. The summed E-state index contributed by atoms with van der Waals surface area (Å²) in [6.45, 7) is 11.3. The van der Waals surface area contributed by atoms with E-state index in [-0.39, 0.29) is 43.9 Å². The molecular formula is C45H71N9O13S. The lowest BCUT2D eigenvalue weighted by Gasteiger charge is -2.32. The molecule has 0 aromatic heterocycles. The quantitative estimate of drug-likeness (QED) is 0.0498. The number of nitrogens with zero attached hydrogens (tertiary/aromatic N) is 1. The highest BCUT2D eigenvalue weighted by Gasteiger charge is 2.41. The molecule has 0 unspecified atom stereocenters. The van der Waals surface area contributed by atoms with Crippen LogP contribution in [0.15, 0.2) is 24.3 Å². The van der Waals surface area contributed by atoms with Crippen molar-refractivity contribution in [2.24, 2.45) is 23.5 Å². The van der Waals surface area contributed by atoms with Gasteiger partial charge in [0.2, 0.25) is 47.3 Å². The number of carboxylic acid groups (broad SMARTS) is 2. The molecule has 23 heteroatoms. The first-order valence-electron chi connectivity index (χ1n) is 22.8. The number of aliphatic carboxylic acids is 2. The number of carbonyl (C=O) groups is 10. The zero-order valence-corrected chi connectivity index (χ0v) is 40.9. The molecule has 1 aliphatic heterocycles. The molecule has 1 saturated heterocycles. The number of aromatic hydroxyl groups is 1. The molecule has 1 aromatic carbocycles. The molecule has 9 atom stereocenters. The van der Waals surface area contributed by atoms with Gasteiger partial charge < -0.3 is 63.2 Å². The number of nitrogens with one attached hydrogen (secondary N) is 7. The average molecular weight is 978 g/mol. The second-order valence-corrected chi connectivity index (χ2v) is 18.8. The highest BCUT2D eigenvalue weighted by atomic mass is 32.2. The number of nitrogens with two attached hydrogens (primary N) is 1. The van der Waals surface area contributed by atoms with Crippen LogP contribution in [0.2, 0.25) is 0 Å². The predicted octanol–water partition coefficient (Wildman–Crippen LogP) is -0.642. The lowest BCUT2D eigenvalue weighted by molar-refractivity contribution is -0.144. The second-order valence-electron chi connectivity index (χ2n) is 17.8. The summed E-state index contributed by atoms with van der Waals surface area (Å²) in [5.41, 5.74) is 6.22. The summed E-state index contributed by atoms with van der Waals surface area (Å²) < 4.78 is 0. The molecule has 1 fully saturated rings. The highest BCUT2D eigenvalue weighted by molar-refractivity contribution is 7.98. The molecule has 0 bridgehead atoms. The van der Waals surface area contributed by atoms with Crippen molar-refractivity contribution in [3.8, 4) is 5.75 Å². The van der Waals surface area contributed by atoms with E-state index in [0.717, 1.165) is 0 Å². The summed E-state index contributed by atoms with van der Waals surface area (Å²) in [6.07, 6.45) is 2.36. The zero-order valence-electron chi connectivity index (χ0n) is 40.1. The first-order valence-corrected chi connectivity index (χ1v) is 24.2. The Kier molecular flexibility index (Phi) is 24.3. The van der Waals surface area contributed by atoms with Gasteiger partial charge in [-0.25, -0.2) is 4.79 Å². The van der Waals surface area contributed by atoms with Crippen molar-refractivity contribution in [1.29, 1.82) is 0 Å². The molecule has 8 amide bonds. The Labute approximate surface area is 401 Å². The third kappa shape index (κ3) is 19.0. The molecule has 22 nitrogen and oxygen atoms in total. The van der Waals surface area contributed by atoms with Gasteiger partial charge in [0.25, 0.3) is 0 Å². The van der Waals surface area contributed by atoms with Crippen molar-refractivity contribution >= 4 is 71.0 Å². The maximum absolute atomic E-state index is 14.3. The SMILES string of the molecule is CC[C@H](C)[C@H](NC(=O)[C@H](Cc1ccc(O)cc1)NC(=O)CNC(=O)[C@H](CCSC)NC(=O)[C@H](CC(C)C)NC(=O)[C@@H](N)CC(=O)O)C(=O)N1CCC[C@H]1C(=O)N[C@@H](C)C(=O)N[C@H](C(=O)O)C(C)C. The largest absolute Gasteiger partial charge is 0.508 e. The van der Waals surface area contributed by atoms with Crippen LogP contribution >= 0.6 is 11.8 Å². The number of rotatable bonds is 28. The van der Waals surface area contributed by atoms with Crippen molar-refractivity contribution in [3.63, 3.8) is 0 Å². The number of carbonyl (C=O) groups excluding carboxylic acids is 8. The van der Waals surface area contributed by atoms with Crippen LogP contribution in [0.3, 0.4) is 0 Å². The standard InChI is InChI=1S/C45H71N9O13S/c1-9-25(6)37(44(65)54-17-10-11-33(54)43(64)48-26(7)38(59)52-36(24(4)5)45(66)67)53-42(63)32(20-27-12-14-28(55)15-13-27)49-34(56)22-47-40(61)30(16-18-68-8)50-41(62)31(19-23(2)3)51-39(60)29(46)21-35(57)58/h12-15,23-26,29-33,36-37,55H,9-11,16-22,46H2,1-8H3,(H,47,61)(H,48,64)(H,49,56)(H,50,62)(H,51,60)(H,52,59)(H,53,63)(H,57,58)(H,66,67)/t25-,26-,29-,30-,31-,32-,33-,36-,37-/m0/s1. The number of hydrogen-bond acceptors (Lipinski definition) is 13. The fourth-order valence-electron chi connectivity index (χ4n) is 7.24. The van der Waals surface area contributed by atoms with E-state index in [4.69, 9.17) is 10.8 Å². The third-order valence-corrected chi connectivity index (χ3v) is 12.0. The average Bonchev–Trinajstić information content (AvgIpc) is 3.77. The molecule has 12 N–H and O–H groups in total. The topological polar surface area (TPSA) is 345 Å². The second kappa shape index (κ2) is 28.4. The number of amides is 8. The van der Waals surface area contributed by atoms with E-state index in [1.165, 1.54) is 47.9 Å². The number of likely N-dealkylation sites (tertiary alicyclic amines) is 1. The maximum atomic E-state index is 14.3. The van der Waals surface area contributed by atoms with Crippen molar-refractivity contribution in [2.75, 3.05) is 25.1 Å². The van der Waals surface area contributed by atoms with Gasteiger partial charge in [0.15, 0.2) is 0 Å². The van der Waals surface area contributed by atoms with Gasteiger partial charge in [-0.3, -0.25) is 43.2 Å². The minimum atomic E-state index is -1.43. The molecular weight excluding hydrogens is 907 g/mol. The molecule has 1 aliphatic rings. The molecule has 0 aliphatic carbocycles. The van der Waals surface area contributed by atoms with Crippen LogP contribution in [0.25, 0.3) is 0 Å². The number of phenolic OH excluding ortho intramolecular Hbond substituents is 1. The number of phenols is 1. The van der Waals surface area contributed by atoms with E-state index in [2.05, 4.69) is 37.2 Å². The smallest absolute Gasteiger partial charge is 0.326 e. The minimum Gasteiger partial charge on any atom is -0.508 e. The van der Waals surface area contributed by atoms with E-state index in [1.807, 2.05) is 0 Å². The Balaban J connectivity index is 2.28. The number of hydrogen-bond donors (Lipinski definition) is 11. The lowest BCUT2D eigenvalue weighted by Crippen LogP contribution is -2.60. The van der Waals surface area contributed by atoms with Crippen LogP contribution in [-0.4, -0.2) is 153 Å². The van der Waals surface area contributed by atoms with E-state index in [1.54, 1.807) is 47.8 Å². The third-order valence-electron chi connectivity index (χ3n) is 11.4. The van der Waals surface area contributed by atoms with Gasteiger partial charge in [0.05, 0.1) is 19.0 Å². The Morgan fingerprint density at radius 2 is 1.37 bits per heavy atom. The van der Waals surface area contributed by atoms with Gasteiger partial charge in [0, 0.05) is 13.0 Å². The van der Waals surface area contributed by atoms with E-state index >= 15 is 0 Å². The Hall–Kier alpha value is -5.97. The van der Waals surface area contributed by atoms with Gasteiger partial charge in [0.1, 0.15) is 48.0 Å². The van der Waals surface area contributed by atoms with Crippen molar-refractivity contribution < 1.29 is 63.3 Å². The van der Waals surface area contributed by atoms with E-state index in [9.17, 15) is 58.2 Å². The van der Waals surface area contributed by atoms with Crippen LogP contribution in [-0.2, 0) is 54.4 Å². The number of thioether (sulfide) groups is 1. The Morgan fingerprint density at radius 1 is 0.765 bits per heavy atom. The van der Waals surface area contributed by atoms with Crippen LogP contribution in [0.1, 0.15) is 92.6 Å². The fraction of sp³-hybridized carbons (Fsp3) is 0.644. The number of carboxylic acids is 2. The van der Waals surface area contributed by atoms with Crippen LogP contribution in [0, 0.1) is 17.8 Å². The summed E-state index contributed by atoms with van der Waals surface area (Å²) >= 11 is 1.39. The normalized spacial score (nSPS) is 17.0. The predicted molar refractivity (Wildman–Crippen MR) is 251 cm³/mol. The van der Waals surface area contributed by atoms with Crippen LogP contribution in [0.5, 0.6) is 5.75 Å². The minimum absolute atomic E-state index is 0.0500. The molecule has 1 heterocycles. The first kappa shape index (κ1) is 58.2. The maximum Gasteiger partial charge on any atom is 0.326 e. The van der Waals surface area contributed by atoms with Crippen LogP contribution < -0.4 is 43.0 Å². The molecule has 0 spiro atoms. The summed E-state index contributed by atoms with van der Waals surface area (Å²) in [5.74, 6) is -9.06. The van der Waals surface area contributed by atoms with Crippen LogP contribution in [0.4, 0.5) is 0 Å². The van der Waals surface area contributed by atoms with E-state index < -0.39 is 132 Å². The number of benzene rings is 1. The summed E-state index contributed by atoms with van der Waals surface area (Å²) in [5, 5.41) is 46.4. The molecule has 1 aromatic rings. The molecule has 68 heavy (non-hydrogen) atoms. The van der Waals surface area contributed by atoms with Crippen molar-refractivity contribution in [3.05, 3.63) is 29.8 Å². The summed E-state index contributed by atoms with van der Waals surface area (Å²) in [6, 6.07) is -3.77. The van der Waals surface area contributed by atoms with Gasteiger partial charge in [-0.15, -0.1) is 0 Å². The van der Waals surface area contributed by atoms with Crippen molar-refractivity contribution in [1.82, 2.24) is 42.1 Å². The van der Waals surface area contributed by atoms with Gasteiger partial charge in [-0.05, 0) is 80.1 Å². The summed E-state index contributed by atoms with van der Waals surface area (Å²) in [4.78, 5) is 132. The van der Waals surface area contributed by atoms with Gasteiger partial charge >= 0.3 is 11.9 Å². The van der Waals surface area contributed by atoms with Gasteiger partial charge in [-0.2, -0.15) is 11.8 Å². The Morgan fingerprint density at radius 3 is 1.93 bits per heavy atom.